The van der Waals surface area contributed by atoms with E-state index in [0.29, 0.717) is 18.3 Å². The molecule has 3 aromatic rings. The smallest absolute Gasteiger partial charge is 0.326 e. The normalized spacial score (nSPS) is 13.4. The van der Waals surface area contributed by atoms with Crippen LogP contribution in [0.5, 0.6) is 5.75 Å². The number of para-hydroxylation sites is 1. The quantitative estimate of drug-likeness (QED) is 0.282. The van der Waals surface area contributed by atoms with Gasteiger partial charge in [-0.25, -0.2) is 4.79 Å². The monoisotopic (exact) mass is 528 g/mol. The molecule has 2 N–H and O–H groups in total. The fraction of sp³-hybridized carbons (Fsp3) is 0.424. The molecule has 39 heavy (non-hydrogen) atoms. The van der Waals surface area contributed by atoms with Crippen molar-refractivity contribution >= 4 is 17.4 Å². The molecule has 0 radical (unpaired) electrons. The molecule has 0 aliphatic carbocycles. The first-order valence-corrected chi connectivity index (χ1v) is 14.3. The number of amides is 2. The Balaban J connectivity index is 1.80. The third-order valence-electron chi connectivity index (χ3n) is 7.82. The summed E-state index contributed by atoms with van der Waals surface area (Å²) in [6.45, 7) is 18.3. The van der Waals surface area contributed by atoms with Crippen LogP contribution in [0, 0.1) is 13.8 Å². The minimum absolute atomic E-state index is 0.0979. The lowest BCUT2D eigenvalue weighted by Crippen LogP contribution is -2.42. The van der Waals surface area contributed by atoms with E-state index in [1.165, 1.54) is 5.56 Å². The number of aryl methyl sites for hydroxylation is 2. The number of nitrogens with zero attached hydrogens (tertiary/aromatic N) is 3. The topological polar surface area (TPSA) is 59.1 Å². The van der Waals surface area contributed by atoms with Gasteiger partial charge in [0.2, 0.25) is 0 Å². The molecule has 0 spiro atoms. The SMILES string of the molecule is CCCN(CCN(CC)Cc1cc(-c2ccccc2C)c2c(c1)N(c1c(C)cccc1O)C(=O)NC2)C(C)C. The lowest BCUT2D eigenvalue weighted by atomic mass is 9.91. The highest BCUT2D eigenvalue weighted by atomic mass is 16.3. The standard InChI is InChI=1S/C33H44N4O2/c1-7-16-36(23(3)4)18-17-35(8-2)22-26-19-28(27-14-10-9-12-24(27)5)29-21-34-33(39)37(30(29)20-26)32-25(6)13-11-15-31(32)38/h9-15,19-20,23,38H,7-8,16-18,21-22H2,1-6H3,(H,34,39). The van der Waals surface area contributed by atoms with Gasteiger partial charge in [0, 0.05) is 37.8 Å². The number of rotatable bonds is 11. The number of carbonyl (C=O) groups is 1. The number of benzene rings is 3. The number of nitrogens with one attached hydrogen (secondary N) is 1. The number of anilines is 2. The van der Waals surface area contributed by atoms with Crippen LogP contribution in [0.4, 0.5) is 16.2 Å². The second-order valence-electron chi connectivity index (χ2n) is 10.9. The summed E-state index contributed by atoms with van der Waals surface area (Å²) < 4.78 is 0. The second kappa shape index (κ2) is 12.7. The third kappa shape index (κ3) is 6.29. The molecule has 6 heteroatoms. The molecule has 208 valence electrons. The zero-order valence-corrected chi connectivity index (χ0v) is 24.4. The zero-order chi connectivity index (χ0) is 28.1. The highest BCUT2D eigenvalue weighted by Gasteiger charge is 2.31. The summed E-state index contributed by atoms with van der Waals surface area (Å²) in [5.74, 6) is 0.0979. The van der Waals surface area contributed by atoms with Gasteiger partial charge in [-0.1, -0.05) is 50.2 Å². The molecule has 0 bridgehead atoms. The van der Waals surface area contributed by atoms with Crippen molar-refractivity contribution in [2.24, 2.45) is 0 Å². The molecule has 2 amide bonds. The summed E-state index contributed by atoms with van der Waals surface area (Å²) in [6, 6.07) is 18.5. The van der Waals surface area contributed by atoms with E-state index >= 15 is 0 Å². The molecule has 0 fully saturated rings. The van der Waals surface area contributed by atoms with Crippen molar-refractivity contribution < 1.29 is 9.90 Å². The Labute approximate surface area is 234 Å². The minimum Gasteiger partial charge on any atom is -0.506 e. The Morgan fingerprint density at radius 3 is 2.36 bits per heavy atom. The molecule has 4 rings (SSSR count). The maximum absolute atomic E-state index is 13.4. The van der Waals surface area contributed by atoms with Crippen molar-refractivity contribution in [1.29, 1.82) is 0 Å². The number of likely N-dealkylation sites (N-methyl/N-ethyl adjacent to an activating group) is 1. The van der Waals surface area contributed by atoms with E-state index in [-0.39, 0.29) is 11.8 Å². The van der Waals surface area contributed by atoms with Crippen LogP contribution in [-0.4, -0.2) is 53.2 Å². The van der Waals surface area contributed by atoms with E-state index < -0.39 is 0 Å². The predicted octanol–water partition coefficient (Wildman–Crippen LogP) is 6.98. The van der Waals surface area contributed by atoms with Crippen LogP contribution >= 0.6 is 0 Å². The number of hydrogen-bond donors (Lipinski definition) is 2. The highest BCUT2D eigenvalue weighted by molar-refractivity contribution is 6.05. The molecule has 1 aliphatic heterocycles. The van der Waals surface area contributed by atoms with Gasteiger partial charge in [0.15, 0.2) is 0 Å². The fourth-order valence-corrected chi connectivity index (χ4v) is 5.61. The molecule has 0 aromatic heterocycles. The van der Waals surface area contributed by atoms with Crippen molar-refractivity contribution in [3.63, 3.8) is 0 Å². The number of urea groups is 1. The van der Waals surface area contributed by atoms with E-state index in [2.05, 4.69) is 86.1 Å². The first-order chi connectivity index (χ1) is 18.7. The maximum atomic E-state index is 13.4. The van der Waals surface area contributed by atoms with Gasteiger partial charge < -0.3 is 10.4 Å². The first-order valence-electron chi connectivity index (χ1n) is 14.3. The number of aromatic hydroxyl groups is 1. The zero-order valence-electron chi connectivity index (χ0n) is 24.4. The van der Waals surface area contributed by atoms with Gasteiger partial charge in [0.1, 0.15) is 5.75 Å². The molecule has 1 aliphatic rings. The number of carbonyl (C=O) groups excluding carboxylic acids is 1. The maximum Gasteiger partial charge on any atom is 0.326 e. The van der Waals surface area contributed by atoms with Crippen LogP contribution in [0.3, 0.4) is 0 Å². The molecule has 6 nitrogen and oxygen atoms in total. The summed E-state index contributed by atoms with van der Waals surface area (Å²) in [5, 5.41) is 13.9. The Kier molecular flexibility index (Phi) is 9.31. The van der Waals surface area contributed by atoms with E-state index in [1.807, 2.05) is 19.1 Å². The number of phenolic OH excluding ortho intramolecular Hbond substituents is 1. The van der Waals surface area contributed by atoms with E-state index in [1.54, 1.807) is 11.0 Å². The molecule has 0 saturated heterocycles. The third-order valence-corrected chi connectivity index (χ3v) is 7.82. The van der Waals surface area contributed by atoms with Crippen LogP contribution in [-0.2, 0) is 13.1 Å². The van der Waals surface area contributed by atoms with Gasteiger partial charge in [-0.05, 0) is 93.2 Å². The van der Waals surface area contributed by atoms with Gasteiger partial charge in [0.25, 0.3) is 0 Å². The molecule has 3 aromatic carbocycles. The minimum atomic E-state index is -0.223. The second-order valence-corrected chi connectivity index (χ2v) is 10.9. The Bertz CT molecular complexity index is 1280. The summed E-state index contributed by atoms with van der Waals surface area (Å²) in [5.41, 5.74) is 7.93. The van der Waals surface area contributed by atoms with Gasteiger partial charge >= 0.3 is 6.03 Å². The van der Waals surface area contributed by atoms with Crippen molar-refractivity contribution in [2.45, 2.75) is 67.1 Å². The van der Waals surface area contributed by atoms with Crippen molar-refractivity contribution in [1.82, 2.24) is 15.1 Å². The number of hydrogen-bond acceptors (Lipinski definition) is 4. The van der Waals surface area contributed by atoms with Crippen molar-refractivity contribution in [3.05, 3.63) is 76.9 Å². The molecular formula is C33H44N4O2. The fourth-order valence-electron chi connectivity index (χ4n) is 5.61. The highest BCUT2D eigenvalue weighted by Crippen LogP contribution is 2.43. The summed E-state index contributed by atoms with van der Waals surface area (Å²) in [4.78, 5) is 20.0. The van der Waals surface area contributed by atoms with Crippen LogP contribution in [0.25, 0.3) is 11.1 Å². The van der Waals surface area contributed by atoms with Gasteiger partial charge in [-0.2, -0.15) is 0 Å². The predicted molar refractivity (Wildman–Crippen MR) is 162 cm³/mol. The molecule has 1 heterocycles. The molecule has 0 saturated carbocycles. The molecule has 0 unspecified atom stereocenters. The van der Waals surface area contributed by atoms with Crippen LogP contribution in [0.1, 0.15) is 56.4 Å². The first kappa shape index (κ1) is 28.7. The molecule has 0 atom stereocenters. The van der Waals surface area contributed by atoms with Crippen LogP contribution < -0.4 is 10.2 Å². The van der Waals surface area contributed by atoms with Gasteiger partial charge in [-0.3, -0.25) is 14.7 Å². The largest absolute Gasteiger partial charge is 0.506 e. The lowest BCUT2D eigenvalue weighted by molar-refractivity contribution is 0.175. The van der Waals surface area contributed by atoms with Gasteiger partial charge in [-0.15, -0.1) is 0 Å². The van der Waals surface area contributed by atoms with Gasteiger partial charge in [0.05, 0.1) is 11.4 Å². The van der Waals surface area contributed by atoms with Crippen LogP contribution in [0.15, 0.2) is 54.6 Å². The van der Waals surface area contributed by atoms with Crippen molar-refractivity contribution in [3.8, 4) is 16.9 Å². The number of fused-ring (bicyclic) bond motifs is 1. The summed E-state index contributed by atoms with van der Waals surface area (Å²) >= 11 is 0. The number of phenols is 1. The average molecular weight is 529 g/mol. The van der Waals surface area contributed by atoms with E-state index in [0.717, 1.165) is 72.6 Å². The lowest BCUT2D eigenvalue weighted by Gasteiger charge is -2.34. The summed E-state index contributed by atoms with van der Waals surface area (Å²) in [7, 11) is 0. The average Bonchev–Trinajstić information content (AvgIpc) is 2.91. The Hall–Kier alpha value is -3.35. The Morgan fingerprint density at radius 1 is 0.949 bits per heavy atom. The molecular weight excluding hydrogens is 484 g/mol. The Morgan fingerprint density at radius 2 is 1.69 bits per heavy atom. The van der Waals surface area contributed by atoms with Crippen LogP contribution in [0.2, 0.25) is 0 Å². The van der Waals surface area contributed by atoms with E-state index in [9.17, 15) is 9.90 Å². The summed E-state index contributed by atoms with van der Waals surface area (Å²) in [6.07, 6.45) is 1.15. The van der Waals surface area contributed by atoms with Crippen molar-refractivity contribution in [2.75, 3.05) is 31.1 Å². The van der Waals surface area contributed by atoms with E-state index in [4.69, 9.17) is 0 Å².